The number of aromatic nitrogens is 2. The van der Waals surface area contributed by atoms with Crippen molar-refractivity contribution in [3.63, 3.8) is 0 Å². The lowest BCUT2D eigenvalue weighted by Crippen LogP contribution is -2.11. The number of nitrogens with one attached hydrogen (secondary N) is 1. The van der Waals surface area contributed by atoms with Gasteiger partial charge in [0.15, 0.2) is 11.6 Å². The van der Waals surface area contributed by atoms with Crippen LogP contribution in [0.1, 0.15) is 57.2 Å². The lowest BCUT2D eigenvalue weighted by Gasteiger charge is -2.16. The van der Waals surface area contributed by atoms with E-state index in [-0.39, 0.29) is 0 Å². The van der Waals surface area contributed by atoms with Crippen molar-refractivity contribution in [1.29, 1.82) is 0 Å². The Morgan fingerprint density at radius 3 is 2.63 bits per heavy atom. The Bertz CT molecular complexity index is 432. The Balaban J connectivity index is 2.19. The van der Waals surface area contributed by atoms with Gasteiger partial charge in [-0.1, -0.05) is 26.2 Å². The van der Waals surface area contributed by atoms with Gasteiger partial charge in [0, 0.05) is 13.0 Å². The highest BCUT2D eigenvalue weighted by Gasteiger charge is 2.22. The second-order valence-electron chi connectivity index (χ2n) is 5.46. The average Bonchev–Trinajstić information content (AvgIpc) is 2.67. The van der Waals surface area contributed by atoms with E-state index in [1.54, 1.807) is 0 Å². The van der Waals surface area contributed by atoms with Crippen molar-refractivity contribution in [2.45, 2.75) is 51.4 Å². The summed E-state index contributed by atoms with van der Waals surface area (Å²) in [7, 11) is 1.81. The van der Waals surface area contributed by atoms with Gasteiger partial charge in [0.25, 0.3) is 0 Å². The third-order valence-corrected chi connectivity index (χ3v) is 4.26. The fourth-order valence-corrected chi connectivity index (χ4v) is 2.92. The van der Waals surface area contributed by atoms with Crippen LogP contribution in [0.5, 0.6) is 0 Å². The molecule has 1 aliphatic carbocycles. The summed E-state index contributed by atoms with van der Waals surface area (Å²) >= 11 is 0. The Hall–Kier alpha value is -1.52. The molecule has 0 bridgehead atoms. The summed E-state index contributed by atoms with van der Waals surface area (Å²) in [5.41, 5.74) is 12.2. The molecule has 5 nitrogen and oxygen atoms in total. The topological polar surface area (TPSA) is 89.8 Å². The van der Waals surface area contributed by atoms with Crippen LogP contribution in [0.3, 0.4) is 0 Å². The zero-order valence-electron chi connectivity index (χ0n) is 11.9. The van der Waals surface area contributed by atoms with Gasteiger partial charge in [0.2, 0.25) is 0 Å². The van der Waals surface area contributed by atoms with Gasteiger partial charge < -0.3 is 16.8 Å². The number of nitrogen functional groups attached to an aromatic ring is 2. The molecule has 0 saturated heterocycles. The number of nitrogens with two attached hydrogens (primary N) is 2. The molecule has 5 N–H and O–H groups in total. The highest BCUT2D eigenvalue weighted by Crippen LogP contribution is 2.35. The maximum atomic E-state index is 5.88. The first-order chi connectivity index (χ1) is 9.15. The second-order valence-corrected chi connectivity index (χ2v) is 5.46. The summed E-state index contributed by atoms with van der Waals surface area (Å²) in [5.74, 6) is 3.18. The van der Waals surface area contributed by atoms with E-state index in [0.717, 1.165) is 24.6 Å². The molecule has 106 valence electrons. The molecule has 1 aliphatic rings. The van der Waals surface area contributed by atoms with Crippen molar-refractivity contribution in [3.05, 3.63) is 5.82 Å². The van der Waals surface area contributed by atoms with Crippen LogP contribution < -0.4 is 16.8 Å². The molecule has 1 aromatic rings. The molecule has 1 fully saturated rings. The van der Waals surface area contributed by atoms with E-state index in [9.17, 15) is 0 Å². The van der Waals surface area contributed by atoms with Crippen LogP contribution in [0, 0.1) is 5.92 Å². The van der Waals surface area contributed by atoms with Crippen molar-refractivity contribution in [3.8, 4) is 0 Å². The van der Waals surface area contributed by atoms with Crippen LogP contribution in [0.15, 0.2) is 0 Å². The lowest BCUT2D eigenvalue weighted by molar-refractivity contribution is 0.442. The summed E-state index contributed by atoms with van der Waals surface area (Å²) in [6.07, 6.45) is 7.44. The van der Waals surface area contributed by atoms with Gasteiger partial charge in [0.1, 0.15) is 11.5 Å². The molecule has 19 heavy (non-hydrogen) atoms. The molecule has 0 amide bonds. The van der Waals surface area contributed by atoms with Crippen LogP contribution >= 0.6 is 0 Å². The molecule has 2 rings (SSSR count). The number of rotatable bonds is 3. The maximum Gasteiger partial charge on any atom is 0.154 e. The van der Waals surface area contributed by atoms with Crippen molar-refractivity contribution in [2.24, 2.45) is 5.92 Å². The van der Waals surface area contributed by atoms with Gasteiger partial charge in [-0.25, -0.2) is 9.97 Å². The Labute approximate surface area is 115 Å². The molecular weight excluding hydrogens is 238 g/mol. The standard InChI is InChI=1S/C14H25N5/c1-3-9-5-4-6-10(8-7-9)13-18-12(16)11(15)14(17-2)19-13/h9-10H,3-8,15H2,1-2H3,(H3,16,17,18,19). The average molecular weight is 263 g/mol. The van der Waals surface area contributed by atoms with E-state index in [1.807, 2.05) is 7.05 Å². The lowest BCUT2D eigenvalue weighted by atomic mass is 9.96. The predicted molar refractivity (Wildman–Crippen MR) is 80.0 cm³/mol. The maximum absolute atomic E-state index is 5.88. The number of anilines is 3. The quantitative estimate of drug-likeness (QED) is 0.729. The Morgan fingerprint density at radius 2 is 1.95 bits per heavy atom. The minimum Gasteiger partial charge on any atom is -0.393 e. The van der Waals surface area contributed by atoms with E-state index in [2.05, 4.69) is 22.2 Å². The summed E-state index contributed by atoms with van der Waals surface area (Å²) < 4.78 is 0. The van der Waals surface area contributed by atoms with Gasteiger partial charge in [0.05, 0.1) is 0 Å². The fraction of sp³-hybridized carbons (Fsp3) is 0.714. The third kappa shape index (κ3) is 3.08. The van der Waals surface area contributed by atoms with Crippen LogP contribution in [0.25, 0.3) is 0 Å². The summed E-state index contributed by atoms with van der Waals surface area (Å²) in [6.45, 7) is 2.28. The zero-order chi connectivity index (χ0) is 13.8. The molecule has 0 aliphatic heterocycles. The highest BCUT2D eigenvalue weighted by molar-refractivity contribution is 5.72. The van der Waals surface area contributed by atoms with Crippen molar-refractivity contribution < 1.29 is 0 Å². The van der Waals surface area contributed by atoms with Gasteiger partial charge in [-0.2, -0.15) is 0 Å². The molecule has 0 radical (unpaired) electrons. The van der Waals surface area contributed by atoms with E-state index in [4.69, 9.17) is 11.5 Å². The molecule has 0 spiro atoms. The SMILES string of the molecule is CCC1CCCC(c2nc(N)c(N)c(NC)n2)CC1. The minimum atomic E-state index is 0.394. The zero-order valence-corrected chi connectivity index (χ0v) is 11.9. The fourth-order valence-electron chi connectivity index (χ4n) is 2.92. The molecule has 2 atom stereocenters. The summed E-state index contributed by atoms with van der Waals surface area (Å²) in [6, 6.07) is 0. The number of hydrogen-bond acceptors (Lipinski definition) is 5. The van der Waals surface area contributed by atoms with Crippen LogP contribution in [-0.2, 0) is 0 Å². The van der Waals surface area contributed by atoms with Crippen molar-refractivity contribution >= 4 is 17.3 Å². The molecular formula is C14H25N5. The van der Waals surface area contributed by atoms with Gasteiger partial charge in [-0.3, -0.25) is 0 Å². The molecule has 5 heteroatoms. The second kappa shape index (κ2) is 6.08. The molecule has 2 unspecified atom stereocenters. The first-order valence-corrected chi connectivity index (χ1v) is 7.26. The van der Waals surface area contributed by atoms with Crippen LogP contribution in [0.2, 0.25) is 0 Å². The predicted octanol–water partition coefficient (Wildman–Crippen LogP) is 2.76. The number of nitrogens with zero attached hydrogens (tertiary/aromatic N) is 2. The van der Waals surface area contributed by atoms with E-state index >= 15 is 0 Å². The third-order valence-electron chi connectivity index (χ3n) is 4.26. The minimum absolute atomic E-state index is 0.394. The van der Waals surface area contributed by atoms with Gasteiger partial charge >= 0.3 is 0 Å². The molecule has 1 aromatic heterocycles. The van der Waals surface area contributed by atoms with Crippen LogP contribution in [-0.4, -0.2) is 17.0 Å². The molecule has 1 heterocycles. The van der Waals surface area contributed by atoms with E-state index < -0.39 is 0 Å². The van der Waals surface area contributed by atoms with E-state index in [0.29, 0.717) is 23.2 Å². The Morgan fingerprint density at radius 1 is 1.16 bits per heavy atom. The summed E-state index contributed by atoms with van der Waals surface area (Å²) in [5, 5.41) is 3.00. The number of hydrogen-bond donors (Lipinski definition) is 3. The highest BCUT2D eigenvalue weighted by atomic mass is 15.1. The normalized spacial score (nSPS) is 23.9. The summed E-state index contributed by atoms with van der Waals surface area (Å²) in [4.78, 5) is 8.94. The van der Waals surface area contributed by atoms with Crippen LogP contribution in [0.4, 0.5) is 17.3 Å². The van der Waals surface area contributed by atoms with Crippen molar-refractivity contribution in [1.82, 2.24) is 9.97 Å². The first kappa shape index (κ1) is 13.9. The van der Waals surface area contributed by atoms with Gasteiger partial charge in [-0.05, 0) is 25.2 Å². The molecule has 0 aromatic carbocycles. The monoisotopic (exact) mass is 263 g/mol. The smallest absolute Gasteiger partial charge is 0.154 e. The Kier molecular flexibility index (Phi) is 4.45. The largest absolute Gasteiger partial charge is 0.393 e. The van der Waals surface area contributed by atoms with Gasteiger partial charge in [-0.15, -0.1) is 0 Å². The van der Waals surface area contributed by atoms with Crippen molar-refractivity contribution in [2.75, 3.05) is 23.8 Å². The first-order valence-electron chi connectivity index (χ1n) is 7.26. The molecule has 1 saturated carbocycles. The van der Waals surface area contributed by atoms with E-state index in [1.165, 1.54) is 25.7 Å².